The van der Waals surface area contributed by atoms with E-state index in [1.807, 2.05) is 25.7 Å². The second-order valence-electron chi connectivity index (χ2n) is 8.95. The van der Waals surface area contributed by atoms with Crippen molar-refractivity contribution in [1.82, 2.24) is 20.0 Å². The van der Waals surface area contributed by atoms with Crippen molar-refractivity contribution in [2.45, 2.75) is 26.4 Å². The Morgan fingerprint density at radius 1 is 1.15 bits per heavy atom. The second kappa shape index (κ2) is 11.0. The van der Waals surface area contributed by atoms with Gasteiger partial charge >= 0.3 is 6.09 Å². The van der Waals surface area contributed by atoms with Gasteiger partial charge in [0.2, 0.25) is 5.91 Å². The van der Waals surface area contributed by atoms with Crippen LogP contribution in [0.15, 0.2) is 29.2 Å². The lowest BCUT2D eigenvalue weighted by molar-refractivity contribution is -0.125. The Bertz CT molecular complexity index is 986. The van der Waals surface area contributed by atoms with E-state index in [-0.39, 0.29) is 42.1 Å². The number of nitrogens with zero attached hydrogens (tertiary/aromatic N) is 3. The highest BCUT2D eigenvalue weighted by atomic mass is 32.2. The van der Waals surface area contributed by atoms with Crippen LogP contribution < -0.4 is 5.32 Å². The van der Waals surface area contributed by atoms with Crippen molar-refractivity contribution in [2.24, 2.45) is 0 Å². The molecule has 1 N–H and O–H groups in total. The molecule has 1 aromatic carbocycles. The molecular weight excluding hydrogens is 463 g/mol. The molecule has 2 saturated heterocycles. The molecule has 4 amide bonds. The van der Waals surface area contributed by atoms with Gasteiger partial charge in [-0.25, -0.2) is 9.18 Å². The van der Waals surface area contributed by atoms with E-state index in [0.717, 1.165) is 16.7 Å². The number of imide groups is 1. The number of benzene rings is 1. The maximum absolute atomic E-state index is 13.8. The Labute approximate surface area is 202 Å². The summed E-state index contributed by atoms with van der Waals surface area (Å²) in [5.74, 6) is -1.22. The Morgan fingerprint density at radius 3 is 2.47 bits per heavy atom. The highest BCUT2D eigenvalue weighted by Gasteiger charge is 2.35. The number of carbonyl (C=O) groups excluding carboxylic acids is 4. The van der Waals surface area contributed by atoms with Gasteiger partial charge in [0.1, 0.15) is 11.4 Å². The van der Waals surface area contributed by atoms with Crippen LogP contribution in [0.5, 0.6) is 0 Å². The van der Waals surface area contributed by atoms with E-state index in [2.05, 4.69) is 5.32 Å². The van der Waals surface area contributed by atoms with Crippen molar-refractivity contribution in [3.8, 4) is 0 Å². The van der Waals surface area contributed by atoms with Gasteiger partial charge < -0.3 is 15.0 Å². The topological polar surface area (TPSA) is 99.3 Å². The number of carbonyl (C=O) groups is 4. The van der Waals surface area contributed by atoms with E-state index >= 15 is 0 Å². The molecule has 34 heavy (non-hydrogen) atoms. The fraction of sp³-hybridized carbons (Fsp3) is 0.478. The molecule has 9 nitrogen and oxygen atoms in total. The Hall–Kier alpha value is -2.92. The first-order chi connectivity index (χ1) is 16.0. The van der Waals surface area contributed by atoms with Gasteiger partial charge in [-0.05, 0) is 44.7 Å². The number of piperazine rings is 1. The fourth-order valence-electron chi connectivity index (χ4n) is 3.41. The van der Waals surface area contributed by atoms with Gasteiger partial charge in [0, 0.05) is 44.8 Å². The normalized spacial score (nSPS) is 18.5. The van der Waals surface area contributed by atoms with Gasteiger partial charge in [0.25, 0.3) is 11.1 Å². The molecule has 2 fully saturated rings. The van der Waals surface area contributed by atoms with Crippen molar-refractivity contribution in [1.29, 1.82) is 0 Å². The van der Waals surface area contributed by atoms with Crippen LogP contribution in [0.3, 0.4) is 0 Å². The maximum Gasteiger partial charge on any atom is 0.410 e. The average molecular weight is 493 g/mol. The summed E-state index contributed by atoms with van der Waals surface area (Å²) >= 11 is 0.747. The zero-order chi connectivity index (χ0) is 24.9. The molecule has 0 saturated carbocycles. The lowest BCUT2D eigenvalue weighted by atomic mass is 10.2. The van der Waals surface area contributed by atoms with Gasteiger partial charge in [-0.2, -0.15) is 0 Å². The third kappa shape index (κ3) is 7.04. The molecule has 3 rings (SSSR count). The van der Waals surface area contributed by atoms with Crippen molar-refractivity contribution in [3.05, 3.63) is 40.6 Å². The largest absolute Gasteiger partial charge is 0.444 e. The van der Waals surface area contributed by atoms with E-state index in [9.17, 15) is 23.6 Å². The second-order valence-corrected chi connectivity index (χ2v) is 9.94. The van der Waals surface area contributed by atoms with Crippen LogP contribution in [-0.2, 0) is 14.3 Å². The van der Waals surface area contributed by atoms with Crippen LogP contribution in [-0.4, -0.2) is 89.3 Å². The van der Waals surface area contributed by atoms with Crippen LogP contribution in [0.25, 0.3) is 6.08 Å². The quantitative estimate of drug-likeness (QED) is 0.610. The van der Waals surface area contributed by atoms with Gasteiger partial charge in [-0.15, -0.1) is 0 Å². The van der Waals surface area contributed by atoms with E-state index in [0.29, 0.717) is 26.2 Å². The van der Waals surface area contributed by atoms with Crippen LogP contribution in [0.2, 0.25) is 0 Å². The fourth-order valence-corrected chi connectivity index (χ4v) is 4.26. The smallest absolute Gasteiger partial charge is 0.410 e. The third-order valence-electron chi connectivity index (χ3n) is 5.11. The van der Waals surface area contributed by atoms with Crippen molar-refractivity contribution in [2.75, 3.05) is 45.8 Å². The molecule has 2 heterocycles. The maximum atomic E-state index is 13.8. The summed E-state index contributed by atoms with van der Waals surface area (Å²) in [5, 5.41) is 2.26. The molecule has 184 valence electrons. The number of rotatable bonds is 6. The Morgan fingerprint density at radius 2 is 1.82 bits per heavy atom. The zero-order valence-corrected chi connectivity index (χ0v) is 20.3. The number of hydrogen-bond donors (Lipinski definition) is 1. The number of thioether (sulfide) groups is 1. The van der Waals surface area contributed by atoms with Crippen LogP contribution >= 0.6 is 11.8 Å². The van der Waals surface area contributed by atoms with Crippen molar-refractivity contribution in [3.63, 3.8) is 0 Å². The lowest BCUT2D eigenvalue weighted by Gasteiger charge is -2.35. The summed E-state index contributed by atoms with van der Waals surface area (Å²) in [6.45, 7) is 7.74. The summed E-state index contributed by atoms with van der Waals surface area (Å²) in [6, 6.07) is 5.99. The minimum absolute atomic E-state index is 0.0252. The van der Waals surface area contributed by atoms with Crippen molar-refractivity contribution < 1.29 is 28.3 Å². The van der Waals surface area contributed by atoms with Gasteiger partial charge in [0.05, 0.1) is 11.4 Å². The van der Waals surface area contributed by atoms with E-state index in [1.54, 1.807) is 17.0 Å². The Kier molecular flexibility index (Phi) is 8.32. The summed E-state index contributed by atoms with van der Waals surface area (Å²) < 4.78 is 19.2. The summed E-state index contributed by atoms with van der Waals surface area (Å²) in [4.78, 5) is 53.9. The highest BCUT2D eigenvalue weighted by molar-refractivity contribution is 8.18. The molecule has 0 radical (unpaired) electrons. The minimum atomic E-state index is -0.557. The van der Waals surface area contributed by atoms with Gasteiger partial charge in [-0.3, -0.25) is 24.2 Å². The summed E-state index contributed by atoms with van der Waals surface area (Å²) in [6.07, 6.45) is 0.994. The third-order valence-corrected chi connectivity index (χ3v) is 6.02. The van der Waals surface area contributed by atoms with Crippen molar-refractivity contribution >= 4 is 41.0 Å². The molecule has 2 aliphatic rings. The predicted molar refractivity (Wildman–Crippen MR) is 126 cm³/mol. The molecule has 1 aromatic rings. The zero-order valence-electron chi connectivity index (χ0n) is 19.5. The highest BCUT2D eigenvalue weighted by Crippen LogP contribution is 2.32. The molecule has 0 atom stereocenters. The number of hydrogen-bond acceptors (Lipinski definition) is 7. The first-order valence-electron chi connectivity index (χ1n) is 11.0. The SMILES string of the molecule is CC(C)(C)OC(=O)N1CCN(CC(=O)NCCN2C(=O)S/C(=C\c3ccccc3F)C2=O)CC1. The molecule has 11 heteroatoms. The van der Waals surface area contributed by atoms with Crippen LogP contribution in [0, 0.1) is 5.82 Å². The first kappa shape index (κ1) is 25.7. The van der Waals surface area contributed by atoms with E-state index in [4.69, 9.17) is 4.74 Å². The van der Waals surface area contributed by atoms with E-state index < -0.39 is 22.6 Å². The number of ether oxygens (including phenoxy) is 1. The number of halogens is 1. The Balaban J connectivity index is 1.41. The number of amides is 4. The van der Waals surface area contributed by atoms with E-state index in [1.165, 1.54) is 18.2 Å². The molecule has 0 spiro atoms. The van der Waals surface area contributed by atoms with Crippen LogP contribution in [0.1, 0.15) is 26.3 Å². The predicted octanol–water partition coefficient (Wildman–Crippen LogP) is 2.53. The van der Waals surface area contributed by atoms with Crippen LogP contribution in [0.4, 0.5) is 14.0 Å². The molecule has 0 aromatic heterocycles. The lowest BCUT2D eigenvalue weighted by Crippen LogP contribution is -2.52. The molecule has 2 aliphatic heterocycles. The molecule has 0 aliphatic carbocycles. The average Bonchev–Trinajstić information content (AvgIpc) is 3.02. The number of nitrogens with one attached hydrogen (secondary N) is 1. The van der Waals surface area contributed by atoms with Gasteiger partial charge in [0.15, 0.2) is 0 Å². The summed E-state index contributed by atoms with van der Waals surface area (Å²) in [5.41, 5.74) is -0.327. The molecular formula is C23H29FN4O5S. The minimum Gasteiger partial charge on any atom is -0.444 e. The summed E-state index contributed by atoms with van der Waals surface area (Å²) in [7, 11) is 0. The molecule has 0 unspecified atom stereocenters. The standard InChI is InChI=1S/C23H29FN4O5S/c1-23(2,3)33-21(31)27-12-10-26(11-13-27)15-19(29)25-8-9-28-20(30)18(34-22(28)32)14-16-6-4-5-7-17(16)24/h4-7,14H,8-13,15H2,1-3H3,(H,25,29)/b18-14-. The first-order valence-corrected chi connectivity index (χ1v) is 11.8. The monoisotopic (exact) mass is 492 g/mol. The van der Waals surface area contributed by atoms with Gasteiger partial charge in [-0.1, -0.05) is 18.2 Å². The molecule has 0 bridgehead atoms.